The summed E-state index contributed by atoms with van der Waals surface area (Å²) in [5.41, 5.74) is -1.37. The van der Waals surface area contributed by atoms with E-state index in [4.69, 9.17) is 0 Å². The topological polar surface area (TPSA) is 69.6 Å². The highest BCUT2D eigenvalue weighted by Crippen LogP contribution is 2.29. The van der Waals surface area contributed by atoms with Gasteiger partial charge in [0.25, 0.3) is 0 Å². The maximum Gasteiger partial charge on any atom is 0.329 e. The van der Waals surface area contributed by atoms with Crippen molar-refractivity contribution < 1.29 is 14.7 Å². The van der Waals surface area contributed by atoms with Crippen LogP contribution in [-0.2, 0) is 4.79 Å². The van der Waals surface area contributed by atoms with Crippen molar-refractivity contribution in [2.24, 2.45) is 0 Å². The number of nitrogens with zero attached hydrogens (tertiary/aromatic N) is 1. The minimum atomic E-state index is -1.19. The quantitative estimate of drug-likeness (QED) is 0.810. The van der Waals surface area contributed by atoms with E-state index in [1.54, 1.807) is 20.8 Å². The summed E-state index contributed by atoms with van der Waals surface area (Å²) in [6.07, 6.45) is 4.16. The molecule has 0 aliphatic heterocycles. The fourth-order valence-electron chi connectivity index (χ4n) is 2.51. The number of carboxylic acids is 1. The Labute approximate surface area is 109 Å². The first-order valence-electron chi connectivity index (χ1n) is 6.56. The molecule has 1 rings (SSSR count). The number of urea groups is 1. The van der Waals surface area contributed by atoms with Gasteiger partial charge in [-0.1, -0.05) is 12.8 Å². The van der Waals surface area contributed by atoms with Crippen molar-refractivity contribution in [3.05, 3.63) is 0 Å². The van der Waals surface area contributed by atoms with Crippen molar-refractivity contribution >= 4 is 12.0 Å². The monoisotopic (exact) mass is 256 g/mol. The number of carboxylic acid groups (broad SMARTS) is 1. The van der Waals surface area contributed by atoms with E-state index in [-0.39, 0.29) is 11.6 Å². The molecular weight excluding hydrogens is 232 g/mol. The second-order valence-corrected chi connectivity index (χ2v) is 5.81. The Morgan fingerprint density at radius 1 is 1.33 bits per heavy atom. The van der Waals surface area contributed by atoms with Gasteiger partial charge in [-0.25, -0.2) is 9.59 Å². The van der Waals surface area contributed by atoms with E-state index in [2.05, 4.69) is 5.32 Å². The Morgan fingerprint density at radius 3 is 2.22 bits per heavy atom. The van der Waals surface area contributed by atoms with E-state index < -0.39 is 11.5 Å². The molecule has 0 aromatic carbocycles. The molecule has 5 heteroatoms. The zero-order chi connectivity index (χ0) is 14.0. The van der Waals surface area contributed by atoms with Crippen molar-refractivity contribution in [3.63, 3.8) is 0 Å². The van der Waals surface area contributed by atoms with Gasteiger partial charge in [-0.2, -0.15) is 0 Å². The van der Waals surface area contributed by atoms with Crippen molar-refractivity contribution in [3.8, 4) is 0 Å². The molecule has 0 unspecified atom stereocenters. The second kappa shape index (κ2) is 5.16. The molecule has 0 radical (unpaired) electrons. The number of carbonyl (C=O) groups excluding carboxylic acids is 1. The molecule has 0 atom stereocenters. The average molecular weight is 256 g/mol. The summed E-state index contributed by atoms with van der Waals surface area (Å²) in [4.78, 5) is 24.8. The van der Waals surface area contributed by atoms with Gasteiger partial charge in [0.1, 0.15) is 5.54 Å². The van der Waals surface area contributed by atoms with Gasteiger partial charge >= 0.3 is 12.0 Å². The number of rotatable bonds is 4. The molecule has 0 saturated heterocycles. The van der Waals surface area contributed by atoms with Crippen LogP contribution in [0.5, 0.6) is 0 Å². The Morgan fingerprint density at radius 2 is 1.83 bits per heavy atom. The van der Waals surface area contributed by atoms with Gasteiger partial charge in [0.05, 0.1) is 0 Å². The Bertz CT molecular complexity index is 333. The zero-order valence-corrected chi connectivity index (χ0v) is 11.7. The van der Waals surface area contributed by atoms with Gasteiger partial charge < -0.3 is 15.3 Å². The zero-order valence-electron chi connectivity index (χ0n) is 11.7. The number of nitrogens with one attached hydrogen (secondary N) is 1. The van der Waals surface area contributed by atoms with Crippen LogP contribution in [0.25, 0.3) is 0 Å². The molecule has 0 aromatic heterocycles. The molecule has 1 saturated carbocycles. The first-order chi connectivity index (χ1) is 8.23. The number of hydrogen-bond acceptors (Lipinski definition) is 2. The molecule has 0 heterocycles. The number of carbonyl (C=O) groups is 2. The highest BCUT2D eigenvalue weighted by atomic mass is 16.4. The summed E-state index contributed by atoms with van der Waals surface area (Å²) >= 11 is 0. The lowest BCUT2D eigenvalue weighted by atomic mass is 10.00. The third-order valence-electron chi connectivity index (χ3n) is 3.88. The maximum absolute atomic E-state index is 12.2. The summed E-state index contributed by atoms with van der Waals surface area (Å²) in [6, 6.07) is -0.283. The largest absolute Gasteiger partial charge is 0.480 e. The highest BCUT2D eigenvalue weighted by molar-refractivity contribution is 5.85. The SMILES string of the molecule is CCN(C(=O)NC1(C)CCCC1)C(C)(C)C(=O)O. The van der Waals surface area contributed by atoms with E-state index >= 15 is 0 Å². The molecule has 1 fully saturated rings. The molecule has 0 aromatic rings. The summed E-state index contributed by atoms with van der Waals surface area (Å²) in [6.45, 7) is 7.30. The standard InChI is InChI=1S/C13H24N2O3/c1-5-15(12(2,3)10(16)17)11(18)14-13(4)8-6-7-9-13/h5-9H2,1-4H3,(H,14,18)(H,16,17). The van der Waals surface area contributed by atoms with E-state index in [0.717, 1.165) is 25.7 Å². The average Bonchev–Trinajstić information content (AvgIpc) is 2.64. The van der Waals surface area contributed by atoms with Gasteiger partial charge in [0, 0.05) is 12.1 Å². The Hall–Kier alpha value is -1.26. The van der Waals surface area contributed by atoms with E-state index in [1.165, 1.54) is 4.90 Å². The lowest BCUT2D eigenvalue weighted by molar-refractivity contribution is -0.147. The lowest BCUT2D eigenvalue weighted by Crippen LogP contribution is -2.59. The minimum Gasteiger partial charge on any atom is -0.480 e. The fourth-order valence-corrected chi connectivity index (χ4v) is 2.51. The van der Waals surface area contributed by atoms with E-state index in [1.807, 2.05) is 6.92 Å². The van der Waals surface area contributed by atoms with Gasteiger partial charge in [0.15, 0.2) is 0 Å². The van der Waals surface area contributed by atoms with Crippen molar-refractivity contribution in [1.29, 1.82) is 0 Å². The maximum atomic E-state index is 12.2. The summed E-state index contributed by atoms with van der Waals surface area (Å²) in [5, 5.41) is 12.2. The van der Waals surface area contributed by atoms with Gasteiger partial charge in [-0.05, 0) is 40.5 Å². The van der Waals surface area contributed by atoms with Crippen LogP contribution in [0.1, 0.15) is 53.4 Å². The van der Waals surface area contributed by atoms with E-state index in [9.17, 15) is 14.7 Å². The van der Waals surface area contributed by atoms with Crippen molar-refractivity contribution in [2.75, 3.05) is 6.54 Å². The first-order valence-corrected chi connectivity index (χ1v) is 6.56. The molecule has 5 nitrogen and oxygen atoms in total. The third kappa shape index (κ3) is 2.94. The van der Waals surface area contributed by atoms with Crippen LogP contribution in [0, 0.1) is 0 Å². The van der Waals surface area contributed by atoms with Crippen LogP contribution in [0.2, 0.25) is 0 Å². The van der Waals surface area contributed by atoms with Gasteiger partial charge in [0.2, 0.25) is 0 Å². The second-order valence-electron chi connectivity index (χ2n) is 5.81. The molecule has 1 aliphatic rings. The summed E-state index contributed by atoms with van der Waals surface area (Å²) < 4.78 is 0. The molecule has 1 aliphatic carbocycles. The van der Waals surface area contributed by atoms with Crippen LogP contribution >= 0.6 is 0 Å². The first kappa shape index (κ1) is 14.8. The van der Waals surface area contributed by atoms with Crippen LogP contribution in [0.3, 0.4) is 0 Å². The Kier molecular flexibility index (Phi) is 4.24. The van der Waals surface area contributed by atoms with Crippen molar-refractivity contribution in [1.82, 2.24) is 10.2 Å². The predicted molar refractivity (Wildman–Crippen MR) is 69.5 cm³/mol. The van der Waals surface area contributed by atoms with Crippen molar-refractivity contribution in [2.45, 2.75) is 64.5 Å². The number of likely N-dealkylation sites (N-methyl/N-ethyl adjacent to an activating group) is 1. The minimum absolute atomic E-state index is 0.181. The molecule has 104 valence electrons. The molecule has 0 bridgehead atoms. The smallest absolute Gasteiger partial charge is 0.329 e. The fraction of sp³-hybridized carbons (Fsp3) is 0.846. The third-order valence-corrected chi connectivity index (χ3v) is 3.88. The van der Waals surface area contributed by atoms with E-state index in [0.29, 0.717) is 6.54 Å². The van der Waals surface area contributed by atoms with Crippen LogP contribution in [-0.4, -0.2) is 39.6 Å². The van der Waals surface area contributed by atoms with Gasteiger partial charge in [-0.15, -0.1) is 0 Å². The van der Waals surface area contributed by atoms with Crippen LogP contribution < -0.4 is 5.32 Å². The molecule has 0 spiro atoms. The molecular formula is C13H24N2O3. The van der Waals surface area contributed by atoms with Crippen LogP contribution in [0.15, 0.2) is 0 Å². The lowest BCUT2D eigenvalue weighted by Gasteiger charge is -2.37. The normalized spacial score (nSPS) is 18.4. The molecule has 18 heavy (non-hydrogen) atoms. The molecule has 2 amide bonds. The van der Waals surface area contributed by atoms with Crippen LogP contribution in [0.4, 0.5) is 4.79 Å². The Balaban J connectivity index is 2.77. The summed E-state index contributed by atoms with van der Waals surface area (Å²) in [7, 11) is 0. The predicted octanol–water partition coefficient (Wildman–Crippen LogP) is 2.21. The summed E-state index contributed by atoms with van der Waals surface area (Å²) in [5.74, 6) is -0.990. The number of hydrogen-bond donors (Lipinski definition) is 2. The number of amides is 2. The number of aliphatic carboxylic acids is 1. The molecule has 2 N–H and O–H groups in total. The highest BCUT2D eigenvalue weighted by Gasteiger charge is 2.39. The van der Waals surface area contributed by atoms with Gasteiger partial charge in [-0.3, -0.25) is 0 Å².